The van der Waals surface area contributed by atoms with Gasteiger partial charge >= 0.3 is 0 Å². The molecule has 3 radical (unpaired) electrons. The number of allylic oxidation sites excluding steroid dienone is 5. The van der Waals surface area contributed by atoms with Crippen LogP contribution in [0.3, 0.4) is 0 Å². The summed E-state index contributed by atoms with van der Waals surface area (Å²) < 4.78 is 5.98. The summed E-state index contributed by atoms with van der Waals surface area (Å²) in [7, 11) is 0. The van der Waals surface area contributed by atoms with Gasteiger partial charge in [-0.15, -0.1) is 51.5 Å². The van der Waals surface area contributed by atoms with Crippen molar-refractivity contribution in [1.82, 2.24) is 13.7 Å². The molecular weight excluding hydrogens is 669 g/mol. The number of hydrogen-bond acceptors (Lipinski definition) is 0. The van der Waals surface area contributed by atoms with Crippen LogP contribution in [0.15, 0.2) is 12.3 Å². The largest absolute Gasteiger partial charge is 0.537 e. The fourth-order valence-corrected chi connectivity index (χ4v) is 2.95. The average molecular weight is 708 g/mol. The molecular formula is C30H39N3Y3-6. The third-order valence-electron chi connectivity index (χ3n) is 5.95. The molecule has 0 bridgehead atoms. The van der Waals surface area contributed by atoms with Crippen molar-refractivity contribution in [3.63, 3.8) is 0 Å². The third kappa shape index (κ3) is 12.0. The molecule has 0 aromatic carbocycles. The van der Waals surface area contributed by atoms with Gasteiger partial charge in [0.05, 0.1) is 0 Å². The van der Waals surface area contributed by atoms with Crippen LogP contribution in [0.25, 0.3) is 17.6 Å². The number of aryl methyl sites for hydroxylation is 4. The van der Waals surface area contributed by atoms with E-state index < -0.39 is 0 Å². The second kappa shape index (κ2) is 20.3. The summed E-state index contributed by atoms with van der Waals surface area (Å²) in [5.74, 6) is 0. The van der Waals surface area contributed by atoms with Crippen LogP contribution in [0, 0.1) is 85.3 Å². The first kappa shape index (κ1) is 40.9. The normalized spacial score (nSPS) is 10.9. The Hall–Kier alpha value is 0.372. The Morgan fingerprint density at radius 3 is 1.64 bits per heavy atom. The predicted octanol–water partition coefficient (Wildman–Crippen LogP) is 7.68. The summed E-state index contributed by atoms with van der Waals surface area (Å²) >= 11 is 0. The minimum atomic E-state index is 0. The van der Waals surface area contributed by atoms with Crippen molar-refractivity contribution >= 4 is 17.6 Å². The molecule has 0 saturated carbocycles. The maximum absolute atomic E-state index is 3.21. The van der Waals surface area contributed by atoms with E-state index in [1.165, 1.54) is 39.2 Å². The standard InChI is InChI=1S/3C10H13N.3Y/c1-5-10(4)11-6-8(2)9(3)7-11;1-5-9(3)11-7-6-8(2)10(11)4;1-5-6-11-7-8(2)9(3)10(11)4;;;/h3*6H,1-4H3;;;/q3*-2;;;. The van der Waals surface area contributed by atoms with Crippen molar-refractivity contribution < 1.29 is 98.1 Å². The van der Waals surface area contributed by atoms with Gasteiger partial charge in [-0.2, -0.15) is 0 Å². The van der Waals surface area contributed by atoms with E-state index in [1.807, 2.05) is 60.6 Å². The molecule has 0 spiro atoms. The van der Waals surface area contributed by atoms with Crippen LogP contribution >= 0.6 is 0 Å². The molecule has 0 atom stereocenters. The molecule has 0 N–H and O–H groups in total. The van der Waals surface area contributed by atoms with Gasteiger partial charge in [-0.3, -0.25) is 6.20 Å². The van der Waals surface area contributed by atoms with Crippen LogP contribution < -0.4 is 0 Å². The molecule has 0 aliphatic rings. The van der Waals surface area contributed by atoms with E-state index >= 15 is 0 Å². The Labute approximate surface area is 296 Å². The van der Waals surface area contributed by atoms with Crippen molar-refractivity contribution in [3.8, 4) is 0 Å². The quantitative estimate of drug-likeness (QED) is 0.248. The van der Waals surface area contributed by atoms with Crippen LogP contribution in [0.2, 0.25) is 0 Å². The first-order valence-corrected chi connectivity index (χ1v) is 11.2. The van der Waals surface area contributed by atoms with E-state index in [4.69, 9.17) is 0 Å². The molecule has 6 heteroatoms. The maximum Gasteiger partial charge on any atom is 0 e. The predicted molar refractivity (Wildman–Crippen MR) is 141 cm³/mol. The fraction of sp³-hybridized carbons (Fsp3) is 0.400. The smallest absolute Gasteiger partial charge is 0 e. The zero-order valence-corrected chi connectivity index (χ0v) is 32.8. The number of rotatable bonds is 3. The number of aromatic nitrogens is 3. The van der Waals surface area contributed by atoms with E-state index in [1.54, 1.807) is 0 Å². The van der Waals surface area contributed by atoms with E-state index in [2.05, 4.69) is 91.5 Å². The van der Waals surface area contributed by atoms with Gasteiger partial charge in [0.15, 0.2) is 0 Å². The van der Waals surface area contributed by atoms with Crippen molar-refractivity contribution in [1.29, 1.82) is 0 Å². The van der Waals surface area contributed by atoms with E-state index in [0.29, 0.717) is 0 Å². The zero-order chi connectivity index (χ0) is 25.3. The molecule has 3 rings (SSSR count). The second-order valence-corrected chi connectivity index (χ2v) is 8.20. The molecule has 0 aliphatic carbocycles. The summed E-state index contributed by atoms with van der Waals surface area (Å²) in [6, 6.07) is 2.00. The van der Waals surface area contributed by atoms with Crippen LogP contribution in [0.5, 0.6) is 0 Å². The van der Waals surface area contributed by atoms with Gasteiger partial charge < -0.3 is 31.9 Å². The van der Waals surface area contributed by atoms with Crippen molar-refractivity contribution in [3.05, 3.63) is 88.3 Å². The summed E-state index contributed by atoms with van der Waals surface area (Å²) in [5.41, 5.74) is 11.0. The molecule has 0 saturated heterocycles. The molecule has 0 unspecified atom stereocenters. The fourth-order valence-electron chi connectivity index (χ4n) is 2.95. The second-order valence-electron chi connectivity index (χ2n) is 8.20. The van der Waals surface area contributed by atoms with E-state index in [-0.39, 0.29) is 98.1 Å². The molecule has 3 heterocycles. The molecule has 0 amide bonds. The van der Waals surface area contributed by atoms with Gasteiger partial charge in [-0.1, -0.05) is 80.9 Å². The minimum Gasteiger partial charge on any atom is -0.537 e. The molecule has 36 heavy (non-hydrogen) atoms. The first-order chi connectivity index (χ1) is 15.5. The molecule has 3 aromatic rings. The van der Waals surface area contributed by atoms with E-state index in [9.17, 15) is 0 Å². The average Bonchev–Trinajstić information content (AvgIpc) is 3.40. The Bertz CT molecular complexity index is 1120. The summed E-state index contributed by atoms with van der Waals surface area (Å²) in [4.78, 5) is 0. The van der Waals surface area contributed by atoms with Gasteiger partial charge in [-0.25, -0.2) is 32.2 Å². The van der Waals surface area contributed by atoms with Crippen molar-refractivity contribution in [2.75, 3.05) is 0 Å². The summed E-state index contributed by atoms with van der Waals surface area (Å²) in [6.07, 6.45) is 22.7. The van der Waals surface area contributed by atoms with Crippen molar-refractivity contribution in [2.24, 2.45) is 0 Å². The monoisotopic (exact) mass is 708 g/mol. The van der Waals surface area contributed by atoms with Crippen LogP contribution in [0.4, 0.5) is 0 Å². The third-order valence-corrected chi connectivity index (χ3v) is 5.95. The summed E-state index contributed by atoms with van der Waals surface area (Å²) in [6.45, 7) is 24.4. The Kier molecular flexibility index (Phi) is 23.0. The van der Waals surface area contributed by atoms with Gasteiger partial charge in [0.2, 0.25) is 0 Å². The maximum atomic E-state index is 3.21. The SMILES string of the molecule is C[C-]=C(C)n1[c-]c(C)c(C)c1.C[C-]=C(C)n1[c-]cc(C)c1C.C[C-]=Cn1[c-]c(C)c(C)c1C.[Y].[Y].[Y]. The molecule has 0 fully saturated rings. The van der Waals surface area contributed by atoms with Gasteiger partial charge in [-0.05, 0) is 0 Å². The summed E-state index contributed by atoms with van der Waals surface area (Å²) in [5, 5.41) is 0. The topological polar surface area (TPSA) is 14.8 Å². The Morgan fingerprint density at radius 1 is 0.750 bits per heavy atom. The Balaban J connectivity index is -0.000000436. The van der Waals surface area contributed by atoms with Gasteiger partial charge in [0.1, 0.15) is 0 Å². The minimum absolute atomic E-state index is 0. The number of hydrogen-bond donors (Lipinski definition) is 0. The van der Waals surface area contributed by atoms with Crippen molar-refractivity contribution in [2.45, 2.75) is 83.1 Å². The van der Waals surface area contributed by atoms with Gasteiger partial charge in [0.25, 0.3) is 0 Å². The van der Waals surface area contributed by atoms with Crippen LogP contribution in [0.1, 0.15) is 73.8 Å². The first-order valence-electron chi connectivity index (χ1n) is 11.2. The van der Waals surface area contributed by atoms with Crippen LogP contribution in [-0.2, 0) is 98.1 Å². The van der Waals surface area contributed by atoms with E-state index in [0.717, 1.165) is 11.4 Å². The molecule has 189 valence electrons. The van der Waals surface area contributed by atoms with Gasteiger partial charge in [0, 0.05) is 98.1 Å². The molecule has 3 aromatic heterocycles. The molecule has 3 nitrogen and oxygen atoms in total. The number of nitrogens with zero attached hydrogens (tertiary/aromatic N) is 3. The molecule has 0 aliphatic heterocycles. The zero-order valence-electron chi connectivity index (χ0n) is 24.3. The van der Waals surface area contributed by atoms with Crippen LogP contribution in [-0.4, -0.2) is 13.7 Å². The Morgan fingerprint density at radius 2 is 1.31 bits per heavy atom.